The normalized spacial score (nSPS) is 13.5. The molecule has 0 aliphatic heterocycles. The number of hydrogen-bond donors (Lipinski definition) is 2. The molecular formula is C22H26F3N5O5. The Morgan fingerprint density at radius 3 is 2.74 bits per heavy atom. The van der Waals surface area contributed by atoms with Crippen molar-refractivity contribution < 1.29 is 27.8 Å². The number of rotatable bonds is 12. The first-order valence-corrected chi connectivity index (χ1v) is 10.8. The summed E-state index contributed by atoms with van der Waals surface area (Å²) in [6, 6.07) is 6.32. The van der Waals surface area contributed by atoms with Gasteiger partial charge in [-0.1, -0.05) is 24.3 Å². The maximum atomic E-state index is 13.4. The molecule has 0 saturated carbocycles. The highest BCUT2D eigenvalue weighted by Crippen LogP contribution is 2.30. The fourth-order valence-electron chi connectivity index (χ4n) is 3.26. The van der Waals surface area contributed by atoms with Gasteiger partial charge in [0.25, 0.3) is 11.5 Å². The SMILES string of the molecule is CC[C@@](O)(Cn1nncc1CCOCn1cc(F)c(=O)[nH]c1=O)c1cccc(OCC(C)(F)F)c1. The Balaban J connectivity index is 1.64. The summed E-state index contributed by atoms with van der Waals surface area (Å²) in [5, 5.41) is 19.2. The smallest absolute Gasteiger partial charge is 0.330 e. The minimum absolute atomic E-state index is 0.0246. The topological polar surface area (TPSA) is 124 Å². The highest BCUT2D eigenvalue weighted by molar-refractivity contribution is 5.32. The summed E-state index contributed by atoms with van der Waals surface area (Å²) < 4.78 is 52.5. The number of benzene rings is 1. The van der Waals surface area contributed by atoms with Gasteiger partial charge in [0.05, 0.1) is 31.2 Å². The molecule has 0 amide bonds. The fraction of sp³-hybridized carbons (Fsp3) is 0.455. The van der Waals surface area contributed by atoms with Crippen LogP contribution in [0.2, 0.25) is 0 Å². The zero-order valence-electron chi connectivity index (χ0n) is 19.2. The van der Waals surface area contributed by atoms with Gasteiger partial charge in [-0.05, 0) is 24.1 Å². The van der Waals surface area contributed by atoms with Crippen LogP contribution in [-0.2, 0) is 30.0 Å². The van der Waals surface area contributed by atoms with Gasteiger partial charge >= 0.3 is 5.69 Å². The van der Waals surface area contributed by atoms with Crippen molar-refractivity contribution in [2.75, 3.05) is 13.2 Å². The van der Waals surface area contributed by atoms with Crippen LogP contribution in [0.1, 0.15) is 31.5 Å². The molecule has 0 aliphatic rings. The largest absolute Gasteiger partial charge is 0.487 e. The quantitative estimate of drug-likeness (QED) is 0.366. The monoisotopic (exact) mass is 497 g/mol. The molecular weight excluding hydrogens is 471 g/mol. The Morgan fingerprint density at radius 2 is 2.03 bits per heavy atom. The maximum Gasteiger partial charge on any atom is 0.330 e. The number of hydrogen-bond acceptors (Lipinski definition) is 7. The van der Waals surface area contributed by atoms with Crippen molar-refractivity contribution in [3.63, 3.8) is 0 Å². The Hall–Kier alpha value is -3.45. The van der Waals surface area contributed by atoms with Gasteiger partial charge in [0, 0.05) is 13.3 Å². The number of aromatic amines is 1. The average molecular weight is 497 g/mol. The van der Waals surface area contributed by atoms with Gasteiger partial charge < -0.3 is 14.6 Å². The Morgan fingerprint density at radius 1 is 1.26 bits per heavy atom. The summed E-state index contributed by atoms with van der Waals surface area (Å²) in [5.74, 6) is -3.89. The van der Waals surface area contributed by atoms with E-state index in [0.29, 0.717) is 17.7 Å². The third-order valence-corrected chi connectivity index (χ3v) is 5.26. The second-order valence-electron chi connectivity index (χ2n) is 8.15. The minimum atomic E-state index is -2.99. The van der Waals surface area contributed by atoms with Crippen LogP contribution in [0, 0.1) is 5.82 Å². The summed E-state index contributed by atoms with van der Waals surface area (Å²) in [6.07, 6.45) is 2.85. The van der Waals surface area contributed by atoms with Crippen LogP contribution in [0.25, 0.3) is 0 Å². The second kappa shape index (κ2) is 10.9. The van der Waals surface area contributed by atoms with E-state index in [0.717, 1.165) is 17.7 Å². The lowest BCUT2D eigenvalue weighted by Crippen LogP contribution is -2.32. The first kappa shape index (κ1) is 26.2. The minimum Gasteiger partial charge on any atom is -0.487 e. The van der Waals surface area contributed by atoms with E-state index in [-0.39, 0.29) is 32.1 Å². The first-order valence-electron chi connectivity index (χ1n) is 10.8. The van der Waals surface area contributed by atoms with Crippen LogP contribution < -0.4 is 16.0 Å². The summed E-state index contributed by atoms with van der Waals surface area (Å²) >= 11 is 0. The first-order chi connectivity index (χ1) is 16.5. The molecule has 2 N–H and O–H groups in total. The van der Waals surface area contributed by atoms with Crippen molar-refractivity contribution in [2.24, 2.45) is 0 Å². The molecule has 0 radical (unpaired) electrons. The van der Waals surface area contributed by atoms with E-state index in [1.54, 1.807) is 19.1 Å². The third-order valence-electron chi connectivity index (χ3n) is 5.26. The Bertz CT molecular complexity index is 1250. The molecule has 0 unspecified atom stereocenters. The van der Waals surface area contributed by atoms with E-state index in [2.05, 4.69) is 10.3 Å². The summed E-state index contributed by atoms with van der Waals surface area (Å²) in [6.45, 7) is 1.60. The van der Waals surface area contributed by atoms with Crippen molar-refractivity contribution in [2.45, 2.75) is 51.5 Å². The van der Waals surface area contributed by atoms with E-state index < -0.39 is 35.2 Å². The molecule has 0 aliphatic carbocycles. The highest BCUT2D eigenvalue weighted by Gasteiger charge is 2.30. The van der Waals surface area contributed by atoms with Gasteiger partial charge in [0.2, 0.25) is 5.82 Å². The van der Waals surface area contributed by atoms with E-state index in [9.17, 15) is 27.9 Å². The molecule has 190 valence electrons. The van der Waals surface area contributed by atoms with Gasteiger partial charge in [-0.25, -0.2) is 18.3 Å². The number of halogens is 3. The van der Waals surface area contributed by atoms with Crippen LogP contribution in [0.15, 0.2) is 46.2 Å². The van der Waals surface area contributed by atoms with Crippen LogP contribution in [-0.4, -0.2) is 48.8 Å². The van der Waals surface area contributed by atoms with Gasteiger partial charge in [0.1, 0.15) is 18.1 Å². The number of alkyl halides is 2. The van der Waals surface area contributed by atoms with E-state index in [1.165, 1.54) is 23.0 Å². The predicted octanol–water partition coefficient (Wildman–Crippen LogP) is 1.82. The predicted molar refractivity (Wildman–Crippen MR) is 118 cm³/mol. The number of aliphatic hydroxyl groups is 1. The molecule has 10 nitrogen and oxygen atoms in total. The second-order valence-corrected chi connectivity index (χ2v) is 8.15. The number of nitrogens with one attached hydrogen (secondary N) is 1. The van der Waals surface area contributed by atoms with Gasteiger partial charge in [-0.3, -0.25) is 14.3 Å². The maximum absolute atomic E-state index is 13.4. The van der Waals surface area contributed by atoms with E-state index in [4.69, 9.17) is 9.47 Å². The zero-order chi connectivity index (χ0) is 25.6. The molecule has 0 bridgehead atoms. The molecule has 35 heavy (non-hydrogen) atoms. The van der Waals surface area contributed by atoms with Gasteiger partial charge in [-0.15, -0.1) is 5.10 Å². The summed E-state index contributed by atoms with van der Waals surface area (Å²) in [5.41, 5.74) is -2.21. The van der Waals surface area contributed by atoms with Crippen LogP contribution in [0.5, 0.6) is 5.75 Å². The van der Waals surface area contributed by atoms with Crippen LogP contribution in [0.3, 0.4) is 0 Å². The van der Waals surface area contributed by atoms with Crippen molar-refractivity contribution >= 4 is 0 Å². The molecule has 13 heteroatoms. The summed E-state index contributed by atoms with van der Waals surface area (Å²) in [4.78, 5) is 24.6. The highest BCUT2D eigenvalue weighted by atomic mass is 19.3. The summed E-state index contributed by atoms with van der Waals surface area (Å²) in [7, 11) is 0. The van der Waals surface area contributed by atoms with Crippen molar-refractivity contribution in [1.82, 2.24) is 24.5 Å². The van der Waals surface area contributed by atoms with Gasteiger partial charge in [-0.2, -0.15) is 4.39 Å². The lowest BCUT2D eigenvalue weighted by molar-refractivity contribution is -0.0233. The molecule has 3 aromatic rings. The molecule has 0 spiro atoms. The molecule has 1 atom stereocenters. The molecule has 0 saturated heterocycles. The number of ether oxygens (including phenoxy) is 2. The third kappa shape index (κ3) is 7.02. The molecule has 1 aromatic carbocycles. The molecule has 2 aromatic heterocycles. The molecule has 2 heterocycles. The molecule has 0 fully saturated rings. The van der Waals surface area contributed by atoms with Crippen molar-refractivity contribution in [3.05, 3.63) is 74.6 Å². The van der Waals surface area contributed by atoms with Crippen molar-refractivity contribution in [1.29, 1.82) is 0 Å². The fourth-order valence-corrected chi connectivity index (χ4v) is 3.26. The van der Waals surface area contributed by atoms with Gasteiger partial charge in [0.15, 0.2) is 6.61 Å². The van der Waals surface area contributed by atoms with Crippen molar-refractivity contribution in [3.8, 4) is 5.75 Å². The lowest BCUT2D eigenvalue weighted by atomic mass is 9.91. The number of nitrogens with zero attached hydrogens (tertiary/aromatic N) is 4. The van der Waals surface area contributed by atoms with Crippen LogP contribution >= 0.6 is 0 Å². The Labute approximate surface area is 197 Å². The zero-order valence-corrected chi connectivity index (χ0v) is 19.2. The van der Waals surface area contributed by atoms with Crippen LogP contribution in [0.4, 0.5) is 13.2 Å². The van der Waals surface area contributed by atoms with E-state index in [1.807, 2.05) is 4.98 Å². The lowest BCUT2D eigenvalue weighted by Gasteiger charge is -2.28. The number of aromatic nitrogens is 5. The van der Waals surface area contributed by atoms with E-state index >= 15 is 0 Å². The average Bonchev–Trinajstić information content (AvgIpc) is 3.24. The standard InChI is InChI=1S/C22H26F3N5O5/c1-3-22(33,15-5-4-6-17(9-15)35-13-21(2,24)25)12-30-16(10-26-28-30)7-8-34-14-29-11-18(23)19(31)27-20(29)32/h4-6,9-11,33H,3,7-8,12-14H2,1-2H3,(H,27,31,32)/t22-/m1/s1. The number of H-pyrrole nitrogens is 1. The molecule has 3 rings (SSSR count). The Kier molecular flexibility index (Phi) is 8.12.